The third-order valence-electron chi connectivity index (χ3n) is 15.3. The number of benzene rings is 1. The van der Waals surface area contributed by atoms with E-state index in [0.29, 0.717) is 18.0 Å². The second kappa shape index (κ2) is 23.3. The van der Waals surface area contributed by atoms with Crippen LogP contribution in [-0.2, 0) is 0 Å². The highest BCUT2D eigenvalue weighted by Gasteiger charge is 2.38. The maximum atomic E-state index is 6.17. The number of nitrogens with one attached hydrogen (secondary N) is 1. The predicted octanol–water partition coefficient (Wildman–Crippen LogP) is 10.6. The summed E-state index contributed by atoms with van der Waals surface area (Å²) in [5.41, 5.74) is 2.14. The van der Waals surface area contributed by atoms with Crippen LogP contribution in [0.1, 0.15) is 147 Å². The third-order valence-corrected chi connectivity index (χ3v) is 18.2. The Morgan fingerprint density at radius 3 is 2.22 bits per heavy atom. The van der Waals surface area contributed by atoms with Crippen LogP contribution in [0.3, 0.4) is 0 Å². The van der Waals surface area contributed by atoms with Gasteiger partial charge in [-0.05, 0) is 129 Å². The third kappa shape index (κ3) is 13.0. The molecular formula is C49H79N6S2Si2. The molecule has 10 heteroatoms. The fourth-order valence-corrected chi connectivity index (χ4v) is 14.2. The van der Waals surface area contributed by atoms with E-state index in [4.69, 9.17) is 29.4 Å². The van der Waals surface area contributed by atoms with Crippen molar-refractivity contribution in [3.63, 3.8) is 0 Å². The van der Waals surface area contributed by atoms with Gasteiger partial charge in [0.05, 0.1) is 11.9 Å². The van der Waals surface area contributed by atoms with Crippen LogP contribution in [0.2, 0.25) is 17.6 Å². The zero-order chi connectivity index (χ0) is 41.0. The first kappa shape index (κ1) is 45.5. The first-order valence-corrected chi connectivity index (χ1v) is 27.5. The number of unbranched alkanes of at least 4 members (excludes halogenated alkanes) is 2. The highest BCUT2D eigenvalue weighted by atomic mass is 32.1. The van der Waals surface area contributed by atoms with E-state index in [9.17, 15) is 0 Å². The molecule has 59 heavy (non-hydrogen) atoms. The van der Waals surface area contributed by atoms with E-state index < -0.39 is 0 Å². The van der Waals surface area contributed by atoms with Crippen LogP contribution < -0.4 is 5.32 Å². The standard InChI is InChI=1S/C49H79N6S2Si2/c1-37(2)29-44-35-52(24-9-11-27-58)49(57)55(44)34-40-19-17-39(18-20-40)30-41-21-22-43(31-41)47-50-32-45(33-51-47)59-28-12-10-25-53-36-46(42-15-7-4-8-16-42)54(48(53)56)26-23-38-13-5-3-6-14-38/h4,7-8,15-16,37-41,43-46H,3,5-6,9-14,17-36H2,1-2H3,(H,50,51)/t39?,40?,41?,43?,44-,46+/m1/s1. The van der Waals surface area contributed by atoms with E-state index in [1.54, 1.807) is 0 Å². The molecule has 0 amide bonds. The van der Waals surface area contributed by atoms with Crippen molar-refractivity contribution in [3.05, 3.63) is 35.9 Å². The Labute approximate surface area is 377 Å². The molecule has 3 aliphatic carbocycles. The van der Waals surface area contributed by atoms with Gasteiger partial charge in [0.1, 0.15) is 0 Å². The van der Waals surface area contributed by atoms with Crippen LogP contribution in [0, 0.1) is 35.5 Å². The highest BCUT2D eigenvalue weighted by molar-refractivity contribution is 7.80. The van der Waals surface area contributed by atoms with Crippen molar-refractivity contribution in [2.24, 2.45) is 40.5 Å². The first-order valence-electron chi connectivity index (χ1n) is 24.7. The number of rotatable bonds is 21. The van der Waals surface area contributed by atoms with Crippen LogP contribution in [0.25, 0.3) is 0 Å². The molecule has 3 heterocycles. The number of hydrogen-bond donors (Lipinski definition) is 1. The molecule has 1 aromatic rings. The molecule has 6 aliphatic rings. The largest absolute Gasteiger partial charge is 0.374 e. The average molecular weight is 873 g/mol. The van der Waals surface area contributed by atoms with E-state index in [2.05, 4.69) is 79.3 Å². The fraction of sp³-hybridized carbons (Fsp3) is 0.816. The normalized spacial score (nSPS) is 29.6. The van der Waals surface area contributed by atoms with Gasteiger partial charge in [-0.3, -0.25) is 4.99 Å². The van der Waals surface area contributed by atoms with Crippen molar-refractivity contribution in [2.45, 2.75) is 166 Å². The fourth-order valence-electron chi connectivity index (χ4n) is 11.9. The molecule has 325 valence electrons. The second-order valence-electron chi connectivity index (χ2n) is 20.2. The first-order chi connectivity index (χ1) is 28.8. The zero-order valence-corrected chi connectivity index (χ0v) is 40.8. The summed E-state index contributed by atoms with van der Waals surface area (Å²) < 4.78 is 0. The molecule has 7 rings (SSSR count). The molecule has 6 nitrogen and oxygen atoms in total. The molecular weight excluding hydrogens is 793 g/mol. The smallest absolute Gasteiger partial charge is 0.172 e. The Balaban J connectivity index is 0.770. The summed E-state index contributed by atoms with van der Waals surface area (Å²) in [5, 5.41) is 6.12. The summed E-state index contributed by atoms with van der Waals surface area (Å²) in [6.45, 7) is 13.7. The Morgan fingerprint density at radius 2 is 1.49 bits per heavy atom. The lowest BCUT2D eigenvalue weighted by molar-refractivity contribution is 0.189. The van der Waals surface area contributed by atoms with Crippen molar-refractivity contribution >= 4 is 60.3 Å². The van der Waals surface area contributed by atoms with E-state index in [1.807, 2.05) is 0 Å². The van der Waals surface area contributed by atoms with Crippen LogP contribution in [0.5, 0.6) is 0 Å². The Hall–Kier alpha value is -1.50. The quantitative estimate of drug-likeness (QED) is 0.0749. The van der Waals surface area contributed by atoms with Crippen LogP contribution in [-0.4, -0.2) is 114 Å². The van der Waals surface area contributed by atoms with Crippen molar-refractivity contribution in [2.75, 3.05) is 52.4 Å². The number of aliphatic imine (C=N–C) groups is 1. The molecule has 5 atom stereocenters. The van der Waals surface area contributed by atoms with Crippen molar-refractivity contribution in [1.29, 1.82) is 0 Å². The molecule has 1 N–H and O–H groups in total. The molecule has 0 bridgehead atoms. The van der Waals surface area contributed by atoms with Gasteiger partial charge in [0.2, 0.25) is 0 Å². The van der Waals surface area contributed by atoms with Crippen molar-refractivity contribution in [1.82, 2.24) is 24.9 Å². The topological polar surface area (TPSA) is 37.4 Å². The van der Waals surface area contributed by atoms with Gasteiger partial charge in [-0.25, -0.2) is 0 Å². The monoisotopic (exact) mass is 872 g/mol. The summed E-state index contributed by atoms with van der Waals surface area (Å²) in [6.07, 6.45) is 25.9. The van der Waals surface area contributed by atoms with Gasteiger partial charge in [-0.2, -0.15) is 0 Å². The Morgan fingerprint density at radius 1 is 0.780 bits per heavy atom. The molecule has 0 spiro atoms. The number of nitrogens with zero attached hydrogens (tertiary/aromatic N) is 5. The maximum Gasteiger partial charge on any atom is 0.172 e. The van der Waals surface area contributed by atoms with Crippen LogP contribution >= 0.6 is 24.4 Å². The SMILES string of the molecule is CC(C)C[C@@H]1CN(CCCC[Si])C(=S)N1CC1CCC(CC2CCC(C3=NCC([Si]CCCCN4C[C@@H](c5ccccc5)N(CCC5CCCCC5)C4=S)CN3)C2)CC1. The van der Waals surface area contributed by atoms with Gasteiger partial charge < -0.3 is 24.9 Å². The molecule has 5 fully saturated rings. The predicted molar refractivity (Wildman–Crippen MR) is 260 cm³/mol. The minimum Gasteiger partial charge on any atom is -0.374 e. The van der Waals surface area contributed by atoms with Gasteiger partial charge in [-0.15, -0.1) is 0 Å². The lowest BCUT2D eigenvalue weighted by atomic mass is 9.77. The van der Waals surface area contributed by atoms with Crippen molar-refractivity contribution < 1.29 is 0 Å². The average Bonchev–Trinajstić information content (AvgIpc) is 3.93. The summed E-state index contributed by atoms with van der Waals surface area (Å²) in [4.78, 5) is 15.5. The summed E-state index contributed by atoms with van der Waals surface area (Å²) in [5.74, 6) is 6.29. The van der Waals surface area contributed by atoms with E-state index in [-0.39, 0.29) is 0 Å². The van der Waals surface area contributed by atoms with Gasteiger partial charge in [-0.1, -0.05) is 114 Å². The minimum absolute atomic E-state index is 0.406. The lowest BCUT2D eigenvalue weighted by Crippen LogP contribution is -2.40. The Kier molecular flexibility index (Phi) is 17.9. The van der Waals surface area contributed by atoms with Gasteiger partial charge >= 0.3 is 0 Å². The van der Waals surface area contributed by atoms with Gasteiger partial charge in [0.25, 0.3) is 0 Å². The van der Waals surface area contributed by atoms with E-state index in [1.165, 1.54) is 146 Å². The minimum atomic E-state index is 0.406. The molecule has 3 saturated carbocycles. The number of thiocarbonyl (C=S) groups is 2. The number of amidine groups is 1. The summed E-state index contributed by atoms with van der Waals surface area (Å²) >= 11 is 12.3. The van der Waals surface area contributed by atoms with Crippen LogP contribution in [0.4, 0.5) is 0 Å². The zero-order valence-electron chi connectivity index (χ0n) is 37.1. The second-order valence-corrected chi connectivity index (χ2v) is 23.2. The van der Waals surface area contributed by atoms with Crippen LogP contribution in [0.15, 0.2) is 35.3 Å². The molecule has 0 aromatic heterocycles. The summed E-state index contributed by atoms with van der Waals surface area (Å²) in [7, 11) is 4.67. The molecule has 3 unspecified atom stereocenters. The molecule has 3 aliphatic heterocycles. The highest BCUT2D eigenvalue weighted by Crippen LogP contribution is 2.41. The maximum absolute atomic E-state index is 6.17. The van der Waals surface area contributed by atoms with Gasteiger partial charge in [0.15, 0.2) is 10.2 Å². The summed E-state index contributed by atoms with van der Waals surface area (Å²) in [6, 6.07) is 14.6. The van der Waals surface area contributed by atoms with E-state index >= 15 is 0 Å². The molecule has 2 saturated heterocycles. The van der Waals surface area contributed by atoms with Gasteiger partial charge in [0, 0.05) is 84.1 Å². The molecule has 5 radical (unpaired) electrons. The van der Waals surface area contributed by atoms with E-state index in [0.717, 1.165) is 107 Å². The van der Waals surface area contributed by atoms with Crippen molar-refractivity contribution in [3.8, 4) is 0 Å². The Bertz CT molecular complexity index is 1470. The number of hydrogen-bond acceptors (Lipinski definition) is 4. The molecule has 1 aromatic carbocycles. The lowest BCUT2D eigenvalue weighted by Gasteiger charge is -2.35.